The topological polar surface area (TPSA) is 98.8 Å². The first kappa shape index (κ1) is 20.2. The zero-order chi connectivity index (χ0) is 22.2. The summed E-state index contributed by atoms with van der Waals surface area (Å²) in [7, 11) is 0. The number of amides is 1. The van der Waals surface area contributed by atoms with Gasteiger partial charge in [0.05, 0.1) is 29.8 Å². The summed E-state index contributed by atoms with van der Waals surface area (Å²) < 4.78 is 47.4. The van der Waals surface area contributed by atoms with Gasteiger partial charge in [0.15, 0.2) is 5.69 Å². The van der Waals surface area contributed by atoms with Gasteiger partial charge in [0.25, 0.3) is 5.91 Å². The van der Waals surface area contributed by atoms with E-state index in [4.69, 9.17) is 14.9 Å². The number of hydrogen-bond acceptors (Lipinski definition) is 5. The summed E-state index contributed by atoms with van der Waals surface area (Å²) in [6.45, 7) is -0.502. The Labute approximate surface area is 174 Å². The maximum atomic E-state index is 13.6. The van der Waals surface area contributed by atoms with E-state index in [-0.39, 0.29) is 30.6 Å². The first-order valence-electron chi connectivity index (χ1n) is 9.24. The van der Waals surface area contributed by atoms with Crippen molar-refractivity contribution in [2.45, 2.75) is 19.0 Å². The van der Waals surface area contributed by atoms with Crippen molar-refractivity contribution in [2.24, 2.45) is 0 Å². The van der Waals surface area contributed by atoms with Crippen molar-refractivity contribution in [3.63, 3.8) is 0 Å². The molecular weight excluding hydrogens is 411 g/mol. The lowest BCUT2D eigenvalue weighted by Gasteiger charge is -2.17. The molecule has 0 saturated heterocycles. The first-order valence-corrected chi connectivity index (χ1v) is 9.24. The van der Waals surface area contributed by atoms with Gasteiger partial charge < -0.3 is 9.32 Å². The third-order valence-electron chi connectivity index (χ3n) is 5.02. The van der Waals surface area contributed by atoms with Crippen molar-refractivity contribution in [1.82, 2.24) is 14.7 Å². The second-order valence-corrected chi connectivity index (χ2v) is 6.87. The quantitative estimate of drug-likeness (QED) is 0.593. The van der Waals surface area contributed by atoms with Crippen LogP contribution in [-0.4, -0.2) is 33.7 Å². The van der Waals surface area contributed by atoms with Gasteiger partial charge in [0, 0.05) is 23.1 Å². The number of furan rings is 1. The molecule has 0 spiro atoms. The molecule has 0 aliphatic heterocycles. The summed E-state index contributed by atoms with van der Waals surface area (Å²) in [5.41, 5.74) is 0.579. The Kier molecular flexibility index (Phi) is 4.99. The fourth-order valence-corrected chi connectivity index (χ4v) is 3.66. The monoisotopic (exact) mass is 425 g/mol. The average Bonchev–Trinajstić information content (AvgIpc) is 3.37. The highest BCUT2D eigenvalue weighted by molar-refractivity contribution is 5.94. The molecule has 0 saturated carbocycles. The van der Waals surface area contributed by atoms with Crippen LogP contribution in [0, 0.1) is 22.7 Å². The highest BCUT2D eigenvalue weighted by Gasteiger charge is 2.41. The van der Waals surface area contributed by atoms with E-state index in [0.717, 1.165) is 4.90 Å². The van der Waals surface area contributed by atoms with Crippen LogP contribution in [0.15, 0.2) is 41.0 Å². The van der Waals surface area contributed by atoms with Crippen molar-refractivity contribution in [1.29, 1.82) is 10.5 Å². The van der Waals surface area contributed by atoms with Gasteiger partial charge >= 0.3 is 6.18 Å². The Morgan fingerprint density at radius 2 is 1.81 bits per heavy atom. The van der Waals surface area contributed by atoms with Gasteiger partial charge in [-0.15, -0.1) is 0 Å². The third-order valence-corrected chi connectivity index (χ3v) is 5.02. The van der Waals surface area contributed by atoms with Crippen LogP contribution in [0.1, 0.15) is 27.4 Å². The van der Waals surface area contributed by atoms with Gasteiger partial charge in [0.1, 0.15) is 18.8 Å². The summed E-state index contributed by atoms with van der Waals surface area (Å²) in [5.74, 6) is 0.0723. The molecular formula is C21H14F3N5O2. The molecule has 4 rings (SSSR count). The van der Waals surface area contributed by atoms with Gasteiger partial charge in [-0.2, -0.15) is 28.8 Å². The minimum Gasteiger partial charge on any atom is -0.469 e. The van der Waals surface area contributed by atoms with Gasteiger partial charge in [-0.3, -0.25) is 4.79 Å². The first-order chi connectivity index (χ1) is 14.8. The van der Waals surface area contributed by atoms with Crippen LogP contribution in [0.5, 0.6) is 0 Å². The molecule has 0 N–H and O–H groups in total. The lowest BCUT2D eigenvalue weighted by molar-refractivity contribution is -0.142. The van der Waals surface area contributed by atoms with Crippen molar-refractivity contribution >= 4 is 5.91 Å². The Balaban J connectivity index is 1.76. The summed E-state index contributed by atoms with van der Waals surface area (Å²) in [6.07, 6.45) is -2.67. The van der Waals surface area contributed by atoms with E-state index in [2.05, 4.69) is 5.10 Å². The van der Waals surface area contributed by atoms with Crippen LogP contribution in [-0.2, 0) is 19.0 Å². The van der Waals surface area contributed by atoms with E-state index in [1.165, 1.54) is 35.2 Å². The normalized spacial score (nSPS) is 12.4. The van der Waals surface area contributed by atoms with Crippen LogP contribution in [0.3, 0.4) is 0 Å². The minimum absolute atomic E-state index is 0.107. The van der Waals surface area contributed by atoms with Crippen LogP contribution in [0.4, 0.5) is 13.2 Å². The number of nitrogens with zero attached hydrogens (tertiary/aromatic N) is 5. The Bertz CT molecular complexity index is 1210. The van der Waals surface area contributed by atoms with Crippen LogP contribution in [0.2, 0.25) is 0 Å². The van der Waals surface area contributed by atoms with Crippen molar-refractivity contribution in [3.05, 3.63) is 59.2 Å². The fourth-order valence-electron chi connectivity index (χ4n) is 3.66. The lowest BCUT2D eigenvalue weighted by Crippen LogP contribution is -2.31. The number of fused-ring (bicyclic) bond motifs is 3. The van der Waals surface area contributed by atoms with Crippen LogP contribution in [0.25, 0.3) is 16.9 Å². The van der Waals surface area contributed by atoms with E-state index in [1.54, 1.807) is 6.07 Å². The molecule has 3 aromatic rings. The molecule has 0 fully saturated rings. The molecule has 7 nitrogen and oxygen atoms in total. The van der Waals surface area contributed by atoms with E-state index in [9.17, 15) is 18.0 Å². The number of carbonyl (C=O) groups excluding carboxylic acids is 1. The maximum absolute atomic E-state index is 13.6. The van der Waals surface area contributed by atoms with Gasteiger partial charge in [-0.25, -0.2) is 4.68 Å². The average molecular weight is 425 g/mol. The largest absolute Gasteiger partial charge is 0.469 e. The molecule has 1 aromatic carbocycles. The molecule has 2 aromatic heterocycles. The van der Waals surface area contributed by atoms with Gasteiger partial charge in [-0.1, -0.05) is 0 Å². The highest BCUT2D eigenvalue weighted by atomic mass is 19.4. The molecule has 2 heterocycles. The number of carbonyl (C=O) groups is 1. The highest BCUT2D eigenvalue weighted by Crippen LogP contribution is 2.42. The molecule has 1 amide bonds. The molecule has 156 valence electrons. The summed E-state index contributed by atoms with van der Waals surface area (Å²) >= 11 is 0. The number of rotatable bonds is 4. The Morgan fingerprint density at radius 3 is 2.42 bits per heavy atom. The number of alkyl halides is 3. The zero-order valence-electron chi connectivity index (χ0n) is 16.0. The number of halogens is 3. The second kappa shape index (κ2) is 7.65. The maximum Gasteiger partial charge on any atom is 0.435 e. The predicted molar refractivity (Wildman–Crippen MR) is 101 cm³/mol. The lowest BCUT2D eigenvalue weighted by atomic mass is 9.94. The van der Waals surface area contributed by atoms with Crippen LogP contribution < -0.4 is 0 Å². The number of nitriles is 2. The SMILES string of the molecule is N#CCN(CC#N)C(=O)c1ccc(-n2nc(C(F)(F)F)c3c2-c2ccoc2CC3)cc1. The third kappa shape index (κ3) is 3.53. The number of aryl methyl sites for hydroxylation is 1. The predicted octanol–water partition coefficient (Wildman–Crippen LogP) is 3.74. The summed E-state index contributed by atoms with van der Waals surface area (Å²) in [4.78, 5) is 13.6. The molecule has 0 radical (unpaired) electrons. The Hall–Kier alpha value is -4.05. The number of aromatic nitrogens is 2. The van der Waals surface area contributed by atoms with E-state index in [0.29, 0.717) is 29.1 Å². The summed E-state index contributed by atoms with van der Waals surface area (Å²) in [5, 5.41) is 21.5. The molecule has 31 heavy (non-hydrogen) atoms. The zero-order valence-corrected chi connectivity index (χ0v) is 16.0. The van der Waals surface area contributed by atoms with Crippen molar-refractivity contribution in [3.8, 4) is 29.1 Å². The van der Waals surface area contributed by atoms with Gasteiger partial charge in [0.2, 0.25) is 0 Å². The second-order valence-electron chi connectivity index (χ2n) is 6.87. The minimum atomic E-state index is -4.61. The van der Waals surface area contributed by atoms with Crippen molar-refractivity contribution in [2.75, 3.05) is 13.1 Å². The van der Waals surface area contributed by atoms with Crippen LogP contribution >= 0.6 is 0 Å². The molecule has 1 aliphatic rings. The molecule has 0 atom stereocenters. The fraction of sp³-hybridized carbons (Fsp3) is 0.238. The molecule has 0 unspecified atom stereocenters. The smallest absolute Gasteiger partial charge is 0.435 e. The van der Waals surface area contributed by atoms with E-state index in [1.807, 2.05) is 12.1 Å². The Morgan fingerprint density at radius 1 is 1.13 bits per heavy atom. The van der Waals surface area contributed by atoms with E-state index >= 15 is 0 Å². The van der Waals surface area contributed by atoms with E-state index < -0.39 is 17.8 Å². The number of benzene rings is 1. The van der Waals surface area contributed by atoms with Crippen molar-refractivity contribution < 1.29 is 22.4 Å². The molecule has 10 heteroatoms. The number of hydrogen-bond donors (Lipinski definition) is 0. The summed E-state index contributed by atoms with van der Waals surface area (Å²) in [6, 6.07) is 11.1. The molecule has 1 aliphatic carbocycles. The standard InChI is InChI=1S/C21H14F3N5O2/c22-21(23,24)19-16-5-6-17-15(7-12-31-17)18(16)29(27-19)14-3-1-13(2-4-14)20(30)28(10-8-25)11-9-26/h1-4,7,12H,5-6,10-11H2. The van der Waals surface area contributed by atoms with Gasteiger partial charge in [-0.05, 0) is 36.8 Å². The molecule has 0 bridgehead atoms.